The van der Waals surface area contributed by atoms with E-state index in [-0.39, 0.29) is 17.9 Å². The van der Waals surface area contributed by atoms with Gasteiger partial charge < -0.3 is 9.84 Å². The number of halogens is 2. The number of carbonyl (C=O) groups is 1. The summed E-state index contributed by atoms with van der Waals surface area (Å²) >= 11 is 1.74. The average Bonchev–Trinajstić information content (AvgIpc) is 2.26. The Morgan fingerprint density at radius 1 is 1.71 bits per heavy atom. The van der Waals surface area contributed by atoms with E-state index in [9.17, 15) is 9.18 Å². The second-order valence-electron chi connectivity index (χ2n) is 3.54. The lowest BCUT2D eigenvalue weighted by molar-refractivity contribution is -0.139. The Labute approximate surface area is 111 Å². The lowest BCUT2D eigenvalue weighted by Gasteiger charge is -2.17. The molecule has 0 bridgehead atoms. The molecule has 17 heavy (non-hydrogen) atoms. The van der Waals surface area contributed by atoms with Crippen LogP contribution in [0.5, 0.6) is 5.75 Å². The maximum atomic E-state index is 13.2. The molecule has 1 unspecified atom stereocenters. The number of nitrogens with zero attached hydrogens (tertiary/aromatic N) is 1. The fourth-order valence-corrected chi connectivity index (χ4v) is 1.11. The van der Waals surface area contributed by atoms with Crippen LogP contribution in [0.2, 0.25) is 0 Å². The van der Waals surface area contributed by atoms with Gasteiger partial charge in [-0.2, -0.15) is 5.26 Å². The van der Waals surface area contributed by atoms with Crippen LogP contribution in [0, 0.1) is 17.1 Å². The van der Waals surface area contributed by atoms with Crippen LogP contribution >= 0.6 is 22.6 Å². The van der Waals surface area contributed by atoms with Crippen molar-refractivity contribution in [2.45, 2.75) is 10.3 Å². The van der Waals surface area contributed by atoms with Gasteiger partial charge in [0.2, 0.25) is 0 Å². The molecule has 0 radical (unpaired) electrons. The van der Waals surface area contributed by atoms with Crippen LogP contribution in [0.1, 0.15) is 12.5 Å². The number of benzene rings is 1. The van der Waals surface area contributed by atoms with Gasteiger partial charge in [-0.05, 0) is 19.1 Å². The monoisotopic (exact) mass is 349 g/mol. The molecule has 1 aromatic rings. The fourth-order valence-electron chi connectivity index (χ4n) is 0.957. The van der Waals surface area contributed by atoms with Crippen molar-refractivity contribution in [2.75, 3.05) is 6.61 Å². The summed E-state index contributed by atoms with van der Waals surface area (Å²) in [6.07, 6.45) is 0. The van der Waals surface area contributed by atoms with Crippen molar-refractivity contribution in [3.8, 4) is 11.8 Å². The molecule has 1 N–H and O–H groups in total. The fraction of sp³-hybridized carbons (Fsp3) is 0.273. The van der Waals surface area contributed by atoms with Gasteiger partial charge in [-0.3, -0.25) is 4.79 Å². The molecule has 0 aliphatic heterocycles. The Kier molecular flexibility index (Phi) is 4.28. The predicted molar refractivity (Wildman–Crippen MR) is 66.7 cm³/mol. The molecule has 0 fully saturated rings. The van der Waals surface area contributed by atoms with Crippen molar-refractivity contribution in [3.05, 3.63) is 29.6 Å². The summed E-state index contributed by atoms with van der Waals surface area (Å²) in [6, 6.07) is 5.46. The average molecular weight is 349 g/mol. The van der Waals surface area contributed by atoms with Crippen molar-refractivity contribution in [1.82, 2.24) is 0 Å². The molecular formula is C11H9FINO3. The molecule has 1 rings (SSSR count). The minimum atomic E-state index is -1.08. The molecule has 0 aliphatic rings. The number of ether oxygens (including phenoxy) is 1. The van der Waals surface area contributed by atoms with Gasteiger partial charge in [0.25, 0.3) is 0 Å². The Balaban J connectivity index is 2.75. The van der Waals surface area contributed by atoms with Crippen molar-refractivity contribution in [3.63, 3.8) is 0 Å². The van der Waals surface area contributed by atoms with Crippen LogP contribution in [0.25, 0.3) is 0 Å². The number of alkyl halides is 1. The molecule has 4 nitrogen and oxygen atoms in total. The number of hydrogen-bond acceptors (Lipinski definition) is 3. The molecule has 1 atom stereocenters. The molecule has 0 heterocycles. The van der Waals surface area contributed by atoms with Crippen LogP contribution in [-0.4, -0.2) is 21.1 Å². The van der Waals surface area contributed by atoms with Gasteiger partial charge in [-0.1, -0.05) is 22.6 Å². The number of nitriles is 1. The van der Waals surface area contributed by atoms with E-state index in [1.807, 2.05) is 0 Å². The first-order valence-corrected chi connectivity index (χ1v) is 5.69. The van der Waals surface area contributed by atoms with Crippen LogP contribution in [0.4, 0.5) is 4.39 Å². The molecule has 0 aliphatic carbocycles. The number of hydrogen-bond donors (Lipinski definition) is 1. The van der Waals surface area contributed by atoms with Gasteiger partial charge in [0, 0.05) is 6.07 Å². The highest BCUT2D eigenvalue weighted by Gasteiger charge is 2.30. The third kappa shape index (κ3) is 3.56. The van der Waals surface area contributed by atoms with Crippen molar-refractivity contribution in [1.29, 1.82) is 5.26 Å². The second-order valence-corrected chi connectivity index (χ2v) is 5.93. The standard InChI is InChI=1S/C11H9FINO3/c1-11(13,10(15)16)6-17-8-3-2-7(5-14)9(12)4-8/h2-4H,6H2,1H3,(H,15,16). The van der Waals surface area contributed by atoms with E-state index in [0.717, 1.165) is 6.07 Å². The minimum absolute atomic E-state index is 0.0761. The van der Waals surface area contributed by atoms with E-state index in [2.05, 4.69) is 0 Å². The molecule has 6 heteroatoms. The topological polar surface area (TPSA) is 70.3 Å². The number of carboxylic acids is 1. The first kappa shape index (κ1) is 13.7. The Bertz CT molecular complexity index is 482. The van der Waals surface area contributed by atoms with Crippen molar-refractivity contribution < 1.29 is 19.0 Å². The highest BCUT2D eigenvalue weighted by molar-refractivity contribution is 14.1. The summed E-state index contributed by atoms with van der Waals surface area (Å²) in [5.74, 6) is -1.49. The SMILES string of the molecule is CC(I)(COc1ccc(C#N)c(F)c1)C(=O)O. The molecular weight excluding hydrogens is 340 g/mol. The summed E-state index contributed by atoms with van der Waals surface area (Å²) < 4.78 is 17.3. The molecule has 0 saturated heterocycles. The summed E-state index contributed by atoms with van der Waals surface area (Å²) in [7, 11) is 0. The quantitative estimate of drug-likeness (QED) is 0.669. The van der Waals surface area contributed by atoms with Crippen LogP contribution in [-0.2, 0) is 4.79 Å². The van der Waals surface area contributed by atoms with Crippen LogP contribution < -0.4 is 4.74 Å². The lowest BCUT2D eigenvalue weighted by atomic mass is 10.2. The summed E-state index contributed by atoms with van der Waals surface area (Å²) in [5, 5.41) is 17.4. The Morgan fingerprint density at radius 3 is 2.82 bits per heavy atom. The lowest BCUT2D eigenvalue weighted by Crippen LogP contribution is -2.34. The van der Waals surface area contributed by atoms with Gasteiger partial charge in [-0.15, -0.1) is 0 Å². The van der Waals surface area contributed by atoms with E-state index in [1.165, 1.54) is 19.1 Å². The second kappa shape index (κ2) is 5.31. The third-order valence-corrected chi connectivity index (χ3v) is 2.79. The maximum Gasteiger partial charge on any atom is 0.322 e. The molecule has 0 amide bonds. The molecule has 90 valence electrons. The summed E-state index contributed by atoms with van der Waals surface area (Å²) in [4.78, 5) is 10.8. The first-order valence-electron chi connectivity index (χ1n) is 4.61. The highest BCUT2D eigenvalue weighted by atomic mass is 127. The van der Waals surface area contributed by atoms with Crippen molar-refractivity contribution >= 4 is 28.6 Å². The van der Waals surface area contributed by atoms with E-state index < -0.39 is 15.2 Å². The minimum Gasteiger partial charge on any atom is -0.491 e. The smallest absolute Gasteiger partial charge is 0.322 e. The Morgan fingerprint density at radius 2 is 2.35 bits per heavy atom. The summed E-state index contributed by atoms with van der Waals surface area (Å²) in [5.41, 5.74) is -0.0761. The van der Waals surface area contributed by atoms with E-state index >= 15 is 0 Å². The number of carboxylic acid groups (broad SMARTS) is 1. The van der Waals surface area contributed by atoms with Gasteiger partial charge in [-0.25, -0.2) is 4.39 Å². The van der Waals surface area contributed by atoms with Crippen molar-refractivity contribution in [2.24, 2.45) is 0 Å². The predicted octanol–water partition coefficient (Wildman–Crippen LogP) is 2.35. The van der Waals surface area contributed by atoms with E-state index in [1.54, 1.807) is 28.7 Å². The van der Waals surface area contributed by atoms with Gasteiger partial charge in [0.15, 0.2) is 0 Å². The molecule has 0 spiro atoms. The molecule has 1 aromatic carbocycles. The largest absolute Gasteiger partial charge is 0.491 e. The van der Waals surface area contributed by atoms with Gasteiger partial charge in [0.05, 0.1) is 5.56 Å². The molecule has 0 aromatic heterocycles. The third-order valence-electron chi connectivity index (χ3n) is 2.02. The number of rotatable bonds is 4. The van der Waals surface area contributed by atoms with Gasteiger partial charge in [0.1, 0.15) is 27.7 Å². The zero-order valence-electron chi connectivity index (χ0n) is 8.91. The number of aliphatic carboxylic acids is 1. The van der Waals surface area contributed by atoms with Crippen LogP contribution in [0.15, 0.2) is 18.2 Å². The maximum absolute atomic E-state index is 13.2. The Hall–Kier alpha value is -1.36. The zero-order valence-corrected chi connectivity index (χ0v) is 11.1. The van der Waals surface area contributed by atoms with E-state index in [4.69, 9.17) is 15.1 Å². The summed E-state index contributed by atoms with van der Waals surface area (Å²) in [6.45, 7) is 1.41. The van der Waals surface area contributed by atoms with E-state index in [0.29, 0.717) is 0 Å². The zero-order chi connectivity index (χ0) is 13.1. The normalized spacial score (nSPS) is 13.5. The first-order chi connectivity index (χ1) is 7.86. The highest BCUT2D eigenvalue weighted by Crippen LogP contribution is 2.22. The van der Waals surface area contributed by atoms with Crippen LogP contribution in [0.3, 0.4) is 0 Å². The van der Waals surface area contributed by atoms with Gasteiger partial charge >= 0.3 is 5.97 Å². The molecule has 0 saturated carbocycles.